The van der Waals surface area contributed by atoms with Crippen molar-refractivity contribution < 1.29 is 4.79 Å². The molecular formula is C11H19N5OS. The number of nitrogens with one attached hydrogen (secondary N) is 1. The maximum atomic E-state index is 11.8. The lowest BCUT2D eigenvalue weighted by molar-refractivity contribution is -0.117. The van der Waals surface area contributed by atoms with Crippen molar-refractivity contribution in [3.8, 4) is 0 Å². The first kappa shape index (κ1) is 13.4. The third kappa shape index (κ3) is 3.72. The fourth-order valence-corrected chi connectivity index (χ4v) is 2.51. The number of piperazine rings is 1. The number of amides is 1. The molecule has 1 aliphatic heterocycles. The summed E-state index contributed by atoms with van der Waals surface area (Å²) in [6.45, 7) is 6.39. The first-order valence-electron chi connectivity index (χ1n) is 6.20. The SMILES string of the molecule is CCc1nnc(NC(=O)CN2CCN(C)CC2)s1. The summed E-state index contributed by atoms with van der Waals surface area (Å²) in [4.78, 5) is 16.3. The number of rotatable bonds is 4. The Bertz CT molecular complexity index is 400. The van der Waals surface area contributed by atoms with Crippen LogP contribution in [0.15, 0.2) is 0 Å². The zero-order chi connectivity index (χ0) is 13.0. The number of anilines is 1. The van der Waals surface area contributed by atoms with Gasteiger partial charge < -0.3 is 4.90 Å². The first-order chi connectivity index (χ1) is 8.67. The fraction of sp³-hybridized carbons (Fsp3) is 0.727. The quantitative estimate of drug-likeness (QED) is 0.851. The Morgan fingerprint density at radius 1 is 1.33 bits per heavy atom. The highest BCUT2D eigenvalue weighted by atomic mass is 32.1. The molecule has 1 N–H and O–H groups in total. The van der Waals surface area contributed by atoms with Gasteiger partial charge in [0.15, 0.2) is 0 Å². The predicted molar refractivity (Wildman–Crippen MR) is 71.9 cm³/mol. The van der Waals surface area contributed by atoms with Gasteiger partial charge in [0.2, 0.25) is 11.0 Å². The second-order valence-corrected chi connectivity index (χ2v) is 5.54. The minimum absolute atomic E-state index is 0.00152. The number of likely N-dealkylation sites (N-methyl/N-ethyl adjacent to an activating group) is 1. The standard InChI is InChI=1S/C11H19N5OS/c1-3-10-13-14-11(18-10)12-9(17)8-16-6-4-15(2)5-7-16/h3-8H2,1-2H3,(H,12,14,17). The molecule has 18 heavy (non-hydrogen) atoms. The summed E-state index contributed by atoms with van der Waals surface area (Å²) in [5.74, 6) is -0.00152. The van der Waals surface area contributed by atoms with Crippen LogP contribution in [0.1, 0.15) is 11.9 Å². The molecule has 0 unspecified atom stereocenters. The maximum Gasteiger partial charge on any atom is 0.240 e. The average molecular weight is 269 g/mol. The van der Waals surface area contributed by atoms with Crippen LogP contribution in [0.4, 0.5) is 5.13 Å². The zero-order valence-electron chi connectivity index (χ0n) is 10.8. The van der Waals surface area contributed by atoms with E-state index < -0.39 is 0 Å². The molecule has 0 radical (unpaired) electrons. The Labute approximate surface area is 111 Å². The Kier molecular flexibility index (Phi) is 4.62. The summed E-state index contributed by atoms with van der Waals surface area (Å²) in [6, 6.07) is 0. The fourth-order valence-electron chi connectivity index (χ4n) is 1.81. The van der Waals surface area contributed by atoms with Crippen molar-refractivity contribution in [2.75, 3.05) is 45.1 Å². The molecule has 0 atom stereocenters. The van der Waals surface area contributed by atoms with Crippen LogP contribution in [0.3, 0.4) is 0 Å². The van der Waals surface area contributed by atoms with Gasteiger partial charge in [-0.2, -0.15) is 0 Å². The molecule has 0 saturated carbocycles. The van der Waals surface area contributed by atoms with Gasteiger partial charge >= 0.3 is 0 Å². The van der Waals surface area contributed by atoms with Gasteiger partial charge in [-0.15, -0.1) is 10.2 Å². The van der Waals surface area contributed by atoms with Crippen molar-refractivity contribution in [2.45, 2.75) is 13.3 Å². The molecule has 1 aromatic rings. The van der Waals surface area contributed by atoms with Gasteiger partial charge in [-0.05, 0) is 13.5 Å². The number of hydrogen-bond acceptors (Lipinski definition) is 6. The molecule has 1 aliphatic rings. The van der Waals surface area contributed by atoms with Crippen molar-refractivity contribution >= 4 is 22.4 Å². The van der Waals surface area contributed by atoms with Gasteiger partial charge in [-0.25, -0.2) is 0 Å². The molecule has 7 heteroatoms. The van der Waals surface area contributed by atoms with Crippen molar-refractivity contribution in [1.82, 2.24) is 20.0 Å². The Morgan fingerprint density at radius 2 is 2.06 bits per heavy atom. The predicted octanol–water partition coefficient (Wildman–Crippen LogP) is 0.286. The summed E-state index contributed by atoms with van der Waals surface area (Å²) >= 11 is 1.44. The average Bonchev–Trinajstić information content (AvgIpc) is 2.79. The van der Waals surface area contributed by atoms with Crippen LogP contribution < -0.4 is 5.32 Å². The van der Waals surface area contributed by atoms with E-state index in [9.17, 15) is 4.79 Å². The molecule has 1 amide bonds. The molecule has 0 bridgehead atoms. The summed E-state index contributed by atoms with van der Waals surface area (Å²) in [6.07, 6.45) is 0.853. The van der Waals surface area contributed by atoms with E-state index in [-0.39, 0.29) is 5.91 Å². The van der Waals surface area contributed by atoms with Crippen LogP contribution in [0.2, 0.25) is 0 Å². The zero-order valence-corrected chi connectivity index (χ0v) is 11.7. The number of aromatic nitrogens is 2. The van der Waals surface area contributed by atoms with E-state index in [1.165, 1.54) is 11.3 Å². The third-order valence-electron chi connectivity index (χ3n) is 2.98. The molecule has 6 nitrogen and oxygen atoms in total. The smallest absolute Gasteiger partial charge is 0.240 e. The normalized spacial score (nSPS) is 17.9. The molecular weight excluding hydrogens is 250 g/mol. The minimum atomic E-state index is -0.00152. The molecule has 0 spiro atoms. The van der Waals surface area contributed by atoms with Gasteiger partial charge in [-0.3, -0.25) is 15.0 Å². The van der Waals surface area contributed by atoms with Gasteiger partial charge in [0, 0.05) is 26.2 Å². The highest BCUT2D eigenvalue weighted by molar-refractivity contribution is 7.15. The van der Waals surface area contributed by atoms with Crippen LogP contribution in [0, 0.1) is 0 Å². The van der Waals surface area contributed by atoms with E-state index in [0.717, 1.165) is 37.6 Å². The lowest BCUT2D eigenvalue weighted by atomic mass is 10.3. The molecule has 1 fully saturated rings. The Balaban J connectivity index is 1.78. The summed E-state index contributed by atoms with van der Waals surface area (Å²) in [5, 5.41) is 12.3. The van der Waals surface area contributed by atoms with E-state index >= 15 is 0 Å². The second kappa shape index (κ2) is 6.21. The highest BCUT2D eigenvalue weighted by Gasteiger charge is 2.17. The first-order valence-corrected chi connectivity index (χ1v) is 7.02. The minimum Gasteiger partial charge on any atom is -0.304 e. The van der Waals surface area contributed by atoms with Crippen molar-refractivity contribution in [3.05, 3.63) is 5.01 Å². The Hall–Kier alpha value is -1.05. The molecule has 0 aromatic carbocycles. The van der Waals surface area contributed by atoms with Gasteiger partial charge in [0.25, 0.3) is 0 Å². The van der Waals surface area contributed by atoms with E-state index in [0.29, 0.717) is 11.7 Å². The van der Waals surface area contributed by atoms with Crippen LogP contribution in [0.25, 0.3) is 0 Å². The van der Waals surface area contributed by atoms with E-state index in [2.05, 4.69) is 32.4 Å². The van der Waals surface area contributed by atoms with E-state index in [4.69, 9.17) is 0 Å². The molecule has 2 rings (SSSR count). The van der Waals surface area contributed by atoms with Gasteiger partial charge in [0.1, 0.15) is 5.01 Å². The van der Waals surface area contributed by atoms with Crippen molar-refractivity contribution in [3.63, 3.8) is 0 Å². The molecule has 1 saturated heterocycles. The van der Waals surface area contributed by atoms with Crippen LogP contribution in [-0.2, 0) is 11.2 Å². The third-order valence-corrected chi connectivity index (χ3v) is 3.96. The number of hydrogen-bond donors (Lipinski definition) is 1. The number of aryl methyl sites for hydroxylation is 1. The second-order valence-electron chi connectivity index (χ2n) is 4.48. The summed E-state index contributed by atoms with van der Waals surface area (Å²) in [7, 11) is 2.10. The summed E-state index contributed by atoms with van der Waals surface area (Å²) < 4.78 is 0. The number of nitrogens with zero attached hydrogens (tertiary/aromatic N) is 4. The van der Waals surface area contributed by atoms with E-state index in [1.54, 1.807) is 0 Å². The lowest BCUT2D eigenvalue weighted by Gasteiger charge is -2.31. The number of carbonyl (C=O) groups is 1. The monoisotopic (exact) mass is 269 g/mol. The molecule has 100 valence electrons. The molecule has 0 aliphatic carbocycles. The van der Waals surface area contributed by atoms with Crippen LogP contribution in [-0.4, -0.2) is 65.7 Å². The topological polar surface area (TPSA) is 61.4 Å². The van der Waals surface area contributed by atoms with Crippen LogP contribution in [0.5, 0.6) is 0 Å². The maximum absolute atomic E-state index is 11.8. The summed E-state index contributed by atoms with van der Waals surface area (Å²) in [5.41, 5.74) is 0. The largest absolute Gasteiger partial charge is 0.304 e. The highest BCUT2D eigenvalue weighted by Crippen LogP contribution is 2.15. The lowest BCUT2D eigenvalue weighted by Crippen LogP contribution is -2.47. The van der Waals surface area contributed by atoms with E-state index in [1.807, 2.05) is 6.92 Å². The van der Waals surface area contributed by atoms with Gasteiger partial charge in [0.05, 0.1) is 6.54 Å². The number of carbonyl (C=O) groups excluding carboxylic acids is 1. The Morgan fingerprint density at radius 3 is 2.67 bits per heavy atom. The molecule has 1 aromatic heterocycles. The van der Waals surface area contributed by atoms with Crippen LogP contribution >= 0.6 is 11.3 Å². The van der Waals surface area contributed by atoms with Gasteiger partial charge in [-0.1, -0.05) is 18.3 Å². The van der Waals surface area contributed by atoms with Crippen molar-refractivity contribution in [2.24, 2.45) is 0 Å². The molecule has 2 heterocycles. The van der Waals surface area contributed by atoms with Crippen molar-refractivity contribution in [1.29, 1.82) is 0 Å².